The van der Waals surface area contributed by atoms with E-state index in [2.05, 4.69) is 0 Å². The molecule has 5 nitrogen and oxygen atoms in total. The molecule has 9 heteroatoms. The number of nitrogens with zero attached hydrogens (tertiary/aromatic N) is 1. The molecule has 0 aliphatic heterocycles. The third-order valence-electron chi connectivity index (χ3n) is 6.07. The summed E-state index contributed by atoms with van der Waals surface area (Å²) in [5.41, 5.74) is 0.939. The maximum atomic E-state index is 14.3. The van der Waals surface area contributed by atoms with Gasteiger partial charge in [0.05, 0.1) is 16.1 Å². The minimum Gasteiger partial charge on any atom is -0.480 e. The summed E-state index contributed by atoms with van der Waals surface area (Å²) >= 11 is 12.3. The molecule has 0 fully saturated rings. The maximum Gasteiger partial charge on any atom is 0.326 e. The largest absolute Gasteiger partial charge is 0.480 e. The Morgan fingerprint density at radius 2 is 1.49 bits per heavy atom. The van der Waals surface area contributed by atoms with Crippen molar-refractivity contribution in [3.63, 3.8) is 0 Å². The van der Waals surface area contributed by atoms with Gasteiger partial charge in [0, 0.05) is 29.6 Å². The molecular formula is C30H21Cl2F2NO4. The van der Waals surface area contributed by atoms with Crippen LogP contribution in [0.5, 0.6) is 0 Å². The van der Waals surface area contributed by atoms with Gasteiger partial charge < -0.3 is 10.0 Å². The predicted octanol–water partition coefficient (Wildman–Crippen LogP) is 6.84. The van der Waals surface area contributed by atoms with Crippen LogP contribution in [0.15, 0.2) is 91.0 Å². The number of aliphatic carboxylic acids is 1. The summed E-state index contributed by atoms with van der Waals surface area (Å²) in [4.78, 5) is 40.3. The lowest BCUT2D eigenvalue weighted by molar-refractivity contribution is -0.142. The zero-order valence-electron chi connectivity index (χ0n) is 20.3. The molecule has 198 valence electrons. The highest BCUT2D eigenvalue weighted by atomic mass is 35.5. The van der Waals surface area contributed by atoms with E-state index in [0.717, 1.165) is 17.0 Å². The number of carboxylic acid groups (broad SMARTS) is 1. The highest BCUT2D eigenvalue weighted by Gasteiger charge is 2.32. The monoisotopic (exact) mass is 567 g/mol. The van der Waals surface area contributed by atoms with E-state index < -0.39 is 35.3 Å². The number of hydrogen-bond acceptors (Lipinski definition) is 3. The Labute approximate surface area is 233 Å². The quantitative estimate of drug-likeness (QED) is 0.225. The lowest BCUT2D eigenvalue weighted by Crippen LogP contribution is -2.46. The summed E-state index contributed by atoms with van der Waals surface area (Å²) in [6.45, 7) is -0.200. The number of rotatable bonds is 9. The van der Waals surface area contributed by atoms with E-state index in [4.69, 9.17) is 23.2 Å². The molecule has 0 radical (unpaired) electrons. The van der Waals surface area contributed by atoms with Crippen molar-refractivity contribution in [3.8, 4) is 0 Å². The van der Waals surface area contributed by atoms with Crippen LogP contribution in [0, 0.1) is 11.6 Å². The summed E-state index contributed by atoms with van der Waals surface area (Å²) in [5, 5.41) is 10.5. The number of hydrogen-bond donors (Lipinski definition) is 1. The van der Waals surface area contributed by atoms with Crippen molar-refractivity contribution in [1.82, 2.24) is 4.90 Å². The molecule has 0 aliphatic rings. The average Bonchev–Trinajstić information content (AvgIpc) is 2.90. The summed E-state index contributed by atoms with van der Waals surface area (Å²) < 4.78 is 27.6. The second-order valence-corrected chi connectivity index (χ2v) is 9.60. The number of amides is 1. The SMILES string of the molecule is O=C(c1cccc(CN(C(=O)c2ccc(Cl)cc2Cl)C(Cc2ccccc2)C(=O)O)c1)c1ccc(F)cc1F. The Hall–Kier alpha value is -4.07. The topological polar surface area (TPSA) is 74.7 Å². The minimum atomic E-state index is -1.29. The first kappa shape index (κ1) is 28.0. The lowest BCUT2D eigenvalue weighted by atomic mass is 9.99. The van der Waals surface area contributed by atoms with Crippen LogP contribution in [0.4, 0.5) is 8.78 Å². The van der Waals surface area contributed by atoms with Crippen LogP contribution in [0.3, 0.4) is 0 Å². The average molecular weight is 568 g/mol. The molecule has 1 N–H and O–H groups in total. The fraction of sp³-hybridized carbons (Fsp3) is 0.100. The second-order valence-electron chi connectivity index (χ2n) is 8.75. The Morgan fingerprint density at radius 3 is 2.15 bits per heavy atom. The fourth-order valence-corrected chi connectivity index (χ4v) is 4.64. The lowest BCUT2D eigenvalue weighted by Gasteiger charge is -2.30. The summed E-state index contributed by atoms with van der Waals surface area (Å²) in [7, 11) is 0. The number of ketones is 1. The number of carbonyl (C=O) groups excluding carboxylic acids is 2. The first-order chi connectivity index (χ1) is 18.6. The number of benzene rings is 4. The fourth-order valence-electron chi connectivity index (χ4n) is 4.15. The molecule has 1 amide bonds. The standard InChI is InChI=1S/C30H21Cl2F2NO4/c31-21-9-11-23(25(32)15-21)29(37)35(27(30(38)39)14-18-5-2-1-3-6-18)17-19-7-4-8-20(13-19)28(36)24-12-10-22(33)16-26(24)34/h1-13,15-16,27H,14,17H2,(H,38,39). The maximum absolute atomic E-state index is 14.3. The van der Waals surface area contributed by atoms with E-state index in [9.17, 15) is 28.3 Å². The molecule has 0 saturated carbocycles. The highest BCUT2D eigenvalue weighted by Crippen LogP contribution is 2.26. The molecule has 0 heterocycles. The van der Waals surface area contributed by atoms with Crippen molar-refractivity contribution in [2.24, 2.45) is 0 Å². The van der Waals surface area contributed by atoms with Gasteiger partial charge in [-0.1, -0.05) is 71.7 Å². The first-order valence-electron chi connectivity index (χ1n) is 11.8. The van der Waals surface area contributed by atoms with Crippen molar-refractivity contribution in [2.45, 2.75) is 19.0 Å². The zero-order chi connectivity index (χ0) is 28.1. The van der Waals surface area contributed by atoms with E-state index in [-0.39, 0.29) is 34.7 Å². The third-order valence-corrected chi connectivity index (χ3v) is 6.62. The molecule has 0 spiro atoms. The van der Waals surface area contributed by atoms with Crippen LogP contribution in [-0.2, 0) is 17.8 Å². The number of carboxylic acids is 1. The van der Waals surface area contributed by atoms with Gasteiger partial charge in [0.1, 0.15) is 17.7 Å². The van der Waals surface area contributed by atoms with Crippen LogP contribution < -0.4 is 0 Å². The molecule has 4 aromatic carbocycles. The predicted molar refractivity (Wildman–Crippen MR) is 144 cm³/mol. The molecule has 1 atom stereocenters. The van der Waals surface area contributed by atoms with Gasteiger partial charge in [-0.3, -0.25) is 9.59 Å². The van der Waals surface area contributed by atoms with E-state index >= 15 is 0 Å². The van der Waals surface area contributed by atoms with Gasteiger partial charge >= 0.3 is 5.97 Å². The van der Waals surface area contributed by atoms with Gasteiger partial charge in [-0.15, -0.1) is 0 Å². The summed E-state index contributed by atoms with van der Waals surface area (Å²) in [6.07, 6.45) is 0.00648. The van der Waals surface area contributed by atoms with E-state index in [1.165, 1.54) is 36.4 Å². The molecule has 1 unspecified atom stereocenters. The van der Waals surface area contributed by atoms with Crippen LogP contribution >= 0.6 is 23.2 Å². The number of carbonyl (C=O) groups is 3. The van der Waals surface area contributed by atoms with Gasteiger partial charge in [-0.2, -0.15) is 0 Å². The van der Waals surface area contributed by atoms with E-state index in [1.54, 1.807) is 36.4 Å². The molecule has 4 aromatic rings. The zero-order valence-corrected chi connectivity index (χ0v) is 21.8. The van der Waals surface area contributed by atoms with Crippen LogP contribution in [-0.4, -0.2) is 33.7 Å². The van der Waals surface area contributed by atoms with Crippen molar-refractivity contribution in [1.29, 1.82) is 0 Å². The summed E-state index contributed by atoms with van der Waals surface area (Å²) in [5.74, 6) is -4.40. The van der Waals surface area contributed by atoms with Crippen LogP contribution in [0.25, 0.3) is 0 Å². The van der Waals surface area contributed by atoms with E-state index in [0.29, 0.717) is 22.2 Å². The van der Waals surface area contributed by atoms with Gasteiger partial charge in [-0.25, -0.2) is 13.6 Å². The van der Waals surface area contributed by atoms with Crippen molar-refractivity contribution >= 4 is 40.9 Å². The van der Waals surface area contributed by atoms with Gasteiger partial charge in [0.15, 0.2) is 5.78 Å². The summed E-state index contributed by atoms with van der Waals surface area (Å²) in [6, 6.07) is 20.5. The van der Waals surface area contributed by atoms with Gasteiger partial charge in [0.25, 0.3) is 5.91 Å². The van der Waals surface area contributed by atoms with Gasteiger partial charge in [0.2, 0.25) is 0 Å². The molecule has 4 rings (SSSR count). The molecular weight excluding hydrogens is 547 g/mol. The van der Waals surface area contributed by atoms with Crippen molar-refractivity contribution in [2.75, 3.05) is 0 Å². The minimum absolute atomic E-state index is 0.00648. The number of halogens is 4. The van der Waals surface area contributed by atoms with Crippen molar-refractivity contribution in [3.05, 3.63) is 140 Å². The smallest absolute Gasteiger partial charge is 0.326 e. The Balaban J connectivity index is 1.72. The van der Waals surface area contributed by atoms with Crippen molar-refractivity contribution < 1.29 is 28.3 Å². The highest BCUT2D eigenvalue weighted by molar-refractivity contribution is 6.36. The van der Waals surface area contributed by atoms with Gasteiger partial charge in [-0.05, 0) is 47.5 Å². The molecule has 0 aliphatic carbocycles. The Bertz CT molecular complexity index is 1550. The normalized spacial score (nSPS) is 11.6. The molecule has 39 heavy (non-hydrogen) atoms. The first-order valence-corrected chi connectivity index (χ1v) is 12.5. The molecule has 0 aromatic heterocycles. The van der Waals surface area contributed by atoms with Crippen LogP contribution in [0.2, 0.25) is 10.0 Å². The van der Waals surface area contributed by atoms with E-state index in [1.807, 2.05) is 0 Å². The second kappa shape index (κ2) is 12.2. The third kappa shape index (κ3) is 6.69. The van der Waals surface area contributed by atoms with Crippen LogP contribution in [0.1, 0.15) is 37.4 Å². The Kier molecular flexibility index (Phi) is 8.74. The molecule has 0 saturated heterocycles. The Morgan fingerprint density at radius 1 is 0.795 bits per heavy atom. The molecule has 0 bridgehead atoms.